The van der Waals surface area contributed by atoms with Crippen LogP contribution in [-0.4, -0.2) is 0 Å². The summed E-state index contributed by atoms with van der Waals surface area (Å²) >= 11 is 0. The van der Waals surface area contributed by atoms with Gasteiger partial charge in [-0.15, -0.1) is 0 Å². The molecule has 1 heteroatoms. The van der Waals surface area contributed by atoms with Gasteiger partial charge in [0.25, 0.3) is 0 Å². The van der Waals surface area contributed by atoms with Gasteiger partial charge in [0.05, 0.1) is 11.0 Å². The van der Waals surface area contributed by atoms with Crippen LogP contribution in [0.4, 0.5) is 0 Å². The van der Waals surface area contributed by atoms with Crippen molar-refractivity contribution in [3.05, 3.63) is 163 Å². The minimum absolute atomic E-state index is 0.0253. The molecule has 0 fully saturated rings. The van der Waals surface area contributed by atoms with Gasteiger partial charge in [0.2, 0.25) is 5.69 Å². The maximum atomic E-state index is 2.61. The number of pyridine rings is 1. The van der Waals surface area contributed by atoms with E-state index in [1.165, 1.54) is 90.5 Å². The fourth-order valence-electron chi connectivity index (χ4n) is 9.62. The number of aryl methyl sites for hydroxylation is 1. The minimum atomic E-state index is 0.0253. The fraction of sp³-hybridized carbons (Fsp3) is 0.250. The lowest BCUT2D eigenvalue weighted by molar-refractivity contribution is -0.769. The summed E-state index contributed by atoms with van der Waals surface area (Å²) in [5.74, 6) is 0. The van der Waals surface area contributed by atoms with Crippen molar-refractivity contribution in [2.75, 3.05) is 0 Å². The van der Waals surface area contributed by atoms with Crippen molar-refractivity contribution in [2.24, 2.45) is 0 Å². The molecule has 1 atom stereocenters. The number of hydrogen-bond donors (Lipinski definition) is 0. The van der Waals surface area contributed by atoms with E-state index >= 15 is 0 Å². The Morgan fingerprint density at radius 1 is 0.491 bits per heavy atom. The van der Waals surface area contributed by atoms with Gasteiger partial charge in [-0.3, -0.25) is 0 Å². The summed E-state index contributed by atoms with van der Waals surface area (Å²) in [7, 11) is 0. The molecule has 2 heterocycles. The van der Waals surface area contributed by atoms with Crippen LogP contribution in [0.3, 0.4) is 0 Å². The first-order valence-electron chi connectivity index (χ1n) is 19.9. The Bertz CT molecular complexity index is 2420. The van der Waals surface area contributed by atoms with Crippen LogP contribution in [0, 0.1) is 0 Å². The summed E-state index contributed by atoms with van der Waals surface area (Å²) in [6, 6.07) is 55.0. The molecule has 1 nitrogen and oxygen atoms in total. The Kier molecular flexibility index (Phi) is 9.37. The smallest absolute Gasteiger partial charge is 0.192 e. The maximum absolute atomic E-state index is 2.61. The van der Waals surface area contributed by atoms with Crippen LogP contribution >= 0.6 is 0 Å². The van der Waals surface area contributed by atoms with Crippen molar-refractivity contribution in [1.29, 1.82) is 0 Å². The number of fused-ring (bicyclic) bond motifs is 4. The lowest BCUT2D eigenvalue weighted by Gasteiger charge is -2.47. The van der Waals surface area contributed by atoms with Crippen molar-refractivity contribution >= 4 is 10.8 Å². The number of nitrogens with zero attached hydrogens (tertiary/aromatic N) is 1. The minimum Gasteiger partial charge on any atom is -0.192 e. The Hall–Kier alpha value is -5.27. The van der Waals surface area contributed by atoms with Crippen LogP contribution < -0.4 is 4.57 Å². The number of unbranched alkanes of at least 4 members (excludes halogenated alkanes) is 1. The Morgan fingerprint density at radius 3 is 1.87 bits per heavy atom. The summed E-state index contributed by atoms with van der Waals surface area (Å²) in [5, 5.41) is 2.55. The third-order valence-electron chi connectivity index (χ3n) is 12.8. The summed E-state index contributed by atoms with van der Waals surface area (Å²) < 4.78 is 2.61. The van der Waals surface area contributed by atoms with Crippen molar-refractivity contribution in [3.63, 3.8) is 0 Å². The molecular formula is C52H52N+. The summed E-state index contributed by atoms with van der Waals surface area (Å²) in [5.41, 5.74) is 15.6. The van der Waals surface area contributed by atoms with E-state index in [4.69, 9.17) is 0 Å². The standard InChI is InChI=1S/C52H52N/c1-6-10-18-37-19-15-22-39(31-37)43-33-44(35-45(34-43)47-26-17-21-38-20-11-12-25-46(38)47)41-24-16-23-40(32-41)42-28-29-49-48(36-42)50-27-13-14-30-53(50)52(8-3,9-4)51(49,5)7-2/h11-17,19-36H,6-10,18H2,1-5H3/q+1. The van der Waals surface area contributed by atoms with Gasteiger partial charge in [-0.2, -0.15) is 4.57 Å². The summed E-state index contributed by atoms with van der Waals surface area (Å²) in [6.45, 7) is 11.9. The Labute approximate surface area is 317 Å². The molecule has 0 bridgehead atoms. The van der Waals surface area contributed by atoms with E-state index in [9.17, 15) is 0 Å². The van der Waals surface area contributed by atoms with E-state index in [0.717, 1.165) is 25.7 Å². The maximum Gasteiger partial charge on any atom is 0.213 e. The van der Waals surface area contributed by atoms with Gasteiger partial charge in [-0.05, 0) is 129 Å². The number of hydrogen-bond acceptors (Lipinski definition) is 0. The number of benzene rings is 6. The highest BCUT2D eigenvalue weighted by atomic mass is 15.1. The zero-order valence-electron chi connectivity index (χ0n) is 32.1. The van der Waals surface area contributed by atoms with Gasteiger partial charge < -0.3 is 0 Å². The van der Waals surface area contributed by atoms with E-state index in [-0.39, 0.29) is 11.0 Å². The third kappa shape index (κ3) is 5.91. The molecule has 8 rings (SSSR count). The average molecular weight is 691 g/mol. The predicted octanol–water partition coefficient (Wildman–Crippen LogP) is 14.0. The van der Waals surface area contributed by atoms with Gasteiger partial charge in [-0.1, -0.05) is 131 Å². The molecule has 53 heavy (non-hydrogen) atoms. The molecular weight excluding hydrogens is 639 g/mol. The summed E-state index contributed by atoms with van der Waals surface area (Å²) in [6.07, 6.45) is 9.14. The van der Waals surface area contributed by atoms with Crippen molar-refractivity contribution in [1.82, 2.24) is 0 Å². The van der Waals surface area contributed by atoms with Crippen molar-refractivity contribution in [2.45, 2.75) is 84.1 Å². The lowest BCUT2D eigenvalue weighted by atomic mass is 9.58. The second kappa shape index (κ2) is 14.3. The van der Waals surface area contributed by atoms with Gasteiger partial charge in [-0.25, -0.2) is 0 Å². The molecule has 0 saturated carbocycles. The van der Waals surface area contributed by atoms with Crippen LogP contribution in [-0.2, 0) is 17.4 Å². The Balaban J connectivity index is 1.27. The second-order valence-corrected chi connectivity index (χ2v) is 15.4. The fourth-order valence-corrected chi connectivity index (χ4v) is 9.62. The molecule has 1 aliphatic rings. The van der Waals surface area contributed by atoms with Gasteiger partial charge >= 0.3 is 0 Å². The second-order valence-electron chi connectivity index (χ2n) is 15.4. The first-order valence-corrected chi connectivity index (χ1v) is 19.9. The van der Waals surface area contributed by atoms with E-state index in [2.05, 4.69) is 191 Å². The quantitative estimate of drug-likeness (QED) is 0.126. The lowest BCUT2D eigenvalue weighted by Crippen LogP contribution is -2.68. The number of rotatable bonds is 10. The summed E-state index contributed by atoms with van der Waals surface area (Å²) in [4.78, 5) is 0. The van der Waals surface area contributed by atoms with E-state index < -0.39 is 0 Å². The molecule has 0 radical (unpaired) electrons. The molecule has 1 aliphatic heterocycles. The van der Waals surface area contributed by atoms with E-state index in [0.29, 0.717) is 0 Å². The van der Waals surface area contributed by atoms with Crippen LogP contribution in [0.15, 0.2) is 152 Å². The topological polar surface area (TPSA) is 3.88 Å². The molecule has 0 aliphatic carbocycles. The average Bonchev–Trinajstić information content (AvgIpc) is 3.23. The highest BCUT2D eigenvalue weighted by Crippen LogP contribution is 2.52. The molecule has 0 spiro atoms. The first-order chi connectivity index (χ1) is 25.9. The van der Waals surface area contributed by atoms with Crippen LogP contribution in [0.1, 0.15) is 77.8 Å². The van der Waals surface area contributed by atoms with Gasteiger partial charge in [0.15, 0.2) is 11.7 Å². The van der Waals surface area contributed by atoms with Crippen LogP contribution in [0.2, 0.25) is 0 Å². The monoisotopic (exact) mass is 690 g/mol. The molecule has 0 saturated heterocycles. The van der Waals surface area contributed by atoms with Crippen LogP contribution in [0.5, 0.6) is 0 Å². The van der Waals surface area contributed by atoms with E-state index in [1.54, 1.807) is 0 Å². The largest absolute Gasteiger partial charge is 0.213 e. The molecule has 1 unspecified atom stereocenters. The van der Waals surface area contributed by atoms with Crippen LogP contribution in [0.25, 0.3) is 66.5 Å². The third-order valence-corrected chi connectivity index (χ3v) is 12.8. The normalized spacial score (nSPS) is 15.9. The molecule has 6 aromatic carbocycles. The van der Waals surface area contributed by atoms with Crippen molar-refractivity contribution < 1.29 is 4.57 Å². The molecule has 0 N–H and O–H groups in total. The number of aromatic nitrogens is 1. The van der Waals surface area contributed by atoms with Gasteiger partial charge in [0, 0.05) is 25.0 Å². The molecule has 264 valence electrons. The molecule has 0 amide bonds. The zero-order chi connectivity index (χ0) is 36.6. The first kappa shape index (κ1) is 34.8. The van der Waals surface area contributed by atoms with Gasteiger partial charge in [0.1, 0.15) is 0 Å². The molecule has 7 aromatic rings. The Morgan fingerprint density at radius 2 is 1.11 bits per heavy atom. The van der Waals surface area contributed by atoms with E-state index in [1.807, 2.05) is 0 Å². The highest BCUT2D eigenvalue weighted by molar-refractivity contribution is 5.98. The van der Waals surface area contributed by atoms with Crippen molar-refractivity contribution in [3.8, 4) is 55.8 Å². The highest BCUT2D eigenvalue weighted by Gasteiger charge is 2.58. The zero-order valence-corrected chi connectivity index (χ0v) is 32.1. The molecule has 1 aromatic heterocycles. The SMILES string of the molecule is CCCCc1cccc(-c2cc(-c3cccc(-c4ccc5c(c4)-c4cccc[n+]4C(CC)(CC)C5(C)CC)c3)cc(-c3cccc4ccccc34)c2)c1. The predicted molar refractivity (Wildman–Crippen MR) is 226 cm³/mol.